The Morgan fingerprint density at radius 2 is 1.86 bits per heavy atom. The molecule has 1 aromatic carbocycles. The lowest BCUT2D eigenvalue weighted by Crippen LogP contribution is -2.53. The maximum Gasteiger partial charge on any atom is 0.303 e. The predicted octanol–water partition coefficient (Wildman–Crippen LogP) is 3.12. The zero-order valence-electron chi connectivity index (χ0n) is 17.2. The van der Waals surface area contributed by atoms with Gasteiger partial charge in [-0.2, -0.15) is 0 Å². The topological polar surface area (TPSA) is 86.7 Å². The molecule has 0 aliphatic carbocycles. The van der Waals surface area contributed by atoms with E-state index in [0.29, 0.717) is 25.4 Å². The average molecular weight is 401 g/mol. The Balaban J connectivity index is 1.58. The highest BCUT2D eigenvalue weighted by molar-refractivity contribution is 5.96. The summed E-state index contributed by atoms with van der Waals surface area (Å²) in [6.07, 6.45) is 5.79. The van der Waals surface area contributed by atoms with Crippen LogP contribution >= 0.6 is 0 Å². The number of fused-ring (bicyclic) bond motifs is 2. The number of carboxylic acid groups (broad SMARTS) is 1. The van der Waals surface area contributed by atoms with Gasteiger partial charge >= 0.3 is 5.97 Å². The van der Waals surface area contributed by atoms with Crippen LogP contribution in [0.5, 0.6) is 0 Å². The van der Waals surface area contributed by atoms with Crippen molar-refractivity contribution in [3.63, 3.8) is 0 Å². The van der Waals surface area contributed by atoms with Gasteiger partial charge in [0, 0.05) is 37.0 Å². The number of unbranched alkanes of at least 4 members (excludes halogenated alkanes) is 2. The van der Waals surface area contributed by atoms with Crippen molar-refractivity contribution in [3.05, 3.63) is 35.9 Å². The second-order valence-electron chi connectivity index (χ2n) is 8.47. The van der Waals surface area contributed by atoms with Crippen molar-refractivity contribution in [2.45, 2.75) is 63.5 Å². The summed E-state index contributed by atoms with van der Waals surface area (Å²) in [5, 5.41) is 11.8. The molecule has 158 valence electrons. The number of nitrogens with zero attached hydrogens (tertiary/aromatic N) is 1. The summed E-state index contributed by atoms with van der Waals surface area (Å²) < 4.78 is 0. The molecule has 2 N–H and O–H groups in total. The van der Waals surface area contributed by atoms with Crippen LogP contribution in [0.2, 0.25) is 0 Å². The van der Waals surface area contributed by atoms with Crippen LogP contribution in [-0.2, 0) is 9.59 Å². The van der Waals surface area contributed by atoms with Crippen molar-refractivity contribution >= 4 is 17.7 Å². The predicted molar refractivity (Wildman–Crippen MR) is 111 cm³/mol. The van der Waals surface area contributed by atoms with Crippen molar-refractivity contribution in [3.8, 4) is 0 Å². The van der Waals surface area contributed by atoms with Gasteiger partial charge in [-0.05, 0) is 45.1 Å². The highest BCUT2D eigenvalue weighted by Crippen LogP contribution is 2.43. The highest BCUT2D eigenvalue weighted by atomic mass is 16.4. The molecule has 2 bridgehead atoms. The molecule has 6 heteroatoms. The molecule has 0 spiro atoms. The van der Waals surface area contributed by atoms with Crippen LogP contribution in [0, 0.1) is 11.8 Å². The van der Waals surface area contributed by atoms with E-state index < -0.39 is 5.97 Å². The number of carbonyl (C=O) groups excluding carboxylic acids is 2. The third-order valence-corrected chi connectivity index (χ3v) is 6.60. The molecule has 0 aromatic heterocycles. The second kappa shape index (κ2) is 10.0. The van der Waals surface area contributed by atoms with Crippen molar-refractivity contribution in [1.82, 2.24) is 10.2 Å². The number of carboxylic acids is 1. The molecule has 2 aliphatic heterocycles. The van der Waals surface area contributed by atoms with Crippen LogP contribution in [0.4, 0.5) is 0 Å². The van der Waals surface area contributed by atoms with E-state index in [-0.39, 0.29) is 36.0 Å². The first kappa shape index (κ1) is 21.5. The summed E-state index contributed by atoms with van der Waals surface area (Å²) in [5.74, 6) is -0.702. The number of carbonyl (C=O) groups is 3. The van der Waals surface area contributed by atoms with E-state index in [0.717, 1.165) is 37.7 Å². The molecule has 29 heavy (non-hydrogen) atoms. The zero-order valence-corrected chi connectivity index (χ0v) is 17.2. The first-order valence-corrected chi connectivity index (χ1v) is 10.8. The minimum Gasteiger partial charge on any atom is -0.481 e. The molecule has 2 saturated heterocycles. The molecule has 2 heterocycles. The molecule has 0 saturated carbocycles. The summed E-state index contributed by atoms with van der Waals surface area (Å²) in [6.45, 7) is 0.564. The van der Waals surface area contributed by atoms with Crippen LogP contribution < -0.4 is 5.32 Å². The summed E-state index contributed by atoms with van der Waals surface area (Å²) in [4.78, 5) is 38.8. The molecule has 2 aliphatic rings. The number of Topliss-reactive ketones (excluding diaryl/α,β-unsaturated/α-hetero) is 1. The summed E-state index contributed by atoms with van der Waals surface area (Å²) >= 11 is 0. The molecular weight excluding hydrogens is 368 g/mol. The Labute approximate surface area is 172 Å². The highest BCUT2D eigenvalue weighted by Gasteiger charge is 2.48. The van der Waals surface area contributed by atoms with Crippen LogP contribution in [0.25, 0.3) is 0 Å². The number of amides is 1. The molecule has 0 radical (unpaired) electrons. The molecule has 2 fully saturated rings. The average Bonchev–Trinajstić information content (AvgIpc) is 2.94. The fraction of sp³-hybridized carbons (Fsp3) is 0.609. The van der Waals surface area contributed by atoms with E-state index in [1.807, 2.05) is 30.3 Å². The first-order valence-electron chi connectivity index (χ1n) is 10.8. The van der Waals surface area contributed by atoms with E-state index in [4.69, 9.17) is 5.11 Å². The number of ketones is 1. The minimum absolute atomic E-state index is 0.0475. The normalized spacial score (nSPS) is 26.2. The number of rotatable bonds is 10. The SMILES string of the molecule is CN1C2CCC1[C@@H](C(=O)NCCCCCC(=O)O)[C@@H](CC(=O)c1ccccc1)C2. The molecule has 1 amide bonds. The van der Waals surface area contributed by atoms with Gasteiger partial charge in [0.1, 0.15) is 0 Å². The molecule has 6 nitrogen and oxygen atoms in total. The number of nitrogens with one attached hydrogen (secondary N) is 1. The second-order valence-corrected chi connectivity index (χ2v) is 8.47. The van der Waals surface area contributed by atoms with Gasteiger partial charge in [0.15, 0.2) is 5.78 Å². The number of piperidine rings is 1. The molecule has 4 atom stereocenters. The zero-order chi connectivity index (χ0) is 20.8. The molecule has 3 rings (SSSR count). The summed E-state index contributed by atoms with van der Waals surface area (Å²) in [7, 11) is 2.10. The van der Waals surface area contributed by atoms with Crippen LogP contribution in [0.15, 0.2) is 30.3 Å². The number of hydrogen-bond acceptors (Lipinski definition) is 4. The summed E-state index contributed by atoms with van der Waals surface area (Å²) in [5.41, 5.74) is 0.719. The Bertz CT molecular complexity index is 721. The van der Waals surface area contributed by atoms with Crippen molar-refractivity contribution < 1.29 is 19.5 Å². The molecule has 2 unspecified atom stereocenters. The van der Waals surface area contributed by atoms with Gasteiger partial charge in [-0.3, -0.25) is 19.3 Å². The maximum atomic E-state index is 13.1. The van der Waals surface area contributed by atoms with Crippen LogP contribution in [0.1, 0.15) is 61.7 Å². The van der Waals surface area contributed by atoms with Gasteiger partial charge in [0.05, 0.1) is 5.92 Å². The standard InChI is InChI=1S/C23H32N2O4/c1-25-18-11-12-19(25)22(23(29)24-13-7-3-6-10-21(27)28)17(14-18)15-20(26)16-8-4-2-5-9-16/h2,4-5,8-9,17-19,22H,3,6-7,10-15H2,1H3,(H,24,29)(H,27,28)/t17-,18?,19?,22+/m1/s1. The van der Waals surface area contributed by atoms with E-state index in [1.165, 1.54) is 0 Å². The number of aliphatic carboxylic acids is 1. The third-order valence-electron chi connectivity index (χ3n) is 6.60. The quantitative estimate of drug-likeness (QED) is 0.465. The van der Waals surface area contributed by atoms with E-state index in [1.54, 1.807) is 0 Å². The Morgan fingerprint density at radius 3 is 2.59 bits per heavy atom. The minimum atomic E-state index is -0.777. The van der Waals surface area contributed by atoms with E-state index in [2.05, 4.69) is 17.3 Å². The van der Waals surface area contributed by atoms with Gasteiger partial charge in [0.2, 0.25) is 5.91 Å². The van der Waals surface area contributed by atoms with Crippen molar-refractivity contribution in [1.29, 1.82) is 0 Å². The van der Waals surface area contributed by atoms with Gasteiger partial charge in [-0.1, -0.05) is 36.8 Å². The monoisotopic (exact) mass is 400 g/mol. The molecule has 1 aromatic rings. The lowest BCUT2D eigenvalue weighted by Gasteiger charge is -2.42. The lowest BCUT2D eigenvalue weighted by atomic mass is 9.76. The summed E-state index contributed by atoms with van der Waals surface area (Å²) in [6, 6.07) is 10.0. The smallest absolute Gasteiger partial charge is 0.303 e. The fourth-order valence-electron chi connectivity index (χ4n) is 5.06. The largest absolute Gasteiger partial charge is 0.481 e. The van der Waals surface area contributed by atoms with Gasteiger partial charge in [0.25, 0.3) is 0 Å². The van der Waals surface area contributed by atoms with E-state index in [9.17, 15) is 14.4 Å². The Hall–Kier alpha value is -2.21. The van der Waals surface area contributed by atoms with Crippen molar-refractivity contribution in [2.75, 3.05) is 13.6 Å². The van der Waals surface area contributed by atoms with Gasteiger partial charge < -0.3 is 10.4 Å². The maximum absolute atomic E-state index is 13.1. The Morgan fingerprint density at radius 1 is 1.10 bits per heavy atom. The number of benzene rings is 1. The first-order chi connectivity index (χ1) is 14.0. The van der Waals surface area contributed by atoms with E-state index >= 15 is 0 Å². The lowest BCUT2D eigenvalue weighted by molar-refractivity contribution is -0.137. The van der Waals surface area contributed by atoms with Crippen molar-refractivity contribution in [2.24, 2.45) is 11.8 Å². The third kappa shape index (κ3) is 5.44. The van der Waals surface area contributed by atoms with Gasteiger partial charge in [-0.15, -0.1) is 0 Å². The van der Waals surface area contributed by atoms with Gasteiger partial charge in [-0.25, -0.2) is 0 Å². The van der Waals surface area contributed by atoms with Crippen LogP contribution in [0.3, 0.4) is 0 Å². The Kier molecular flexibility index (Phi) is 7.42. The van der Waals surface area contributed by atoms with Crippen LogP contribution in [-0.4, -0.2) is 53.3 Å². The molecular formula is C23H32N2O4. The number of hydrogen-bond donors (Lipinski definition) is 2. The fourth-order valence-corrected chi connectivity index (χ4v) is 5.06.